The van der Waals surface area contributed by atoms with Crippen LogP contribution < -0.4 is 14.8 Å². The lowest BCUT2D eigenvalue weighted by Gasteiger charge is -2.11. The highest BCUT2D eigenvalue weighted by Crippen LogP contribution is 2.26. The van der Waals surface area contributed by atoms with E-state index in [0.29, 0.717) is 11.3 Å². The second kappa shape index (κ2) is 10.1. The summed E-state index contributed by atoms with van der Waals surface area (Å²) in [6.45, 7) is 1.32. The van der Waals surface area contributed by atoms with Crippen LogP contribution in [-0.4, -0.2) is 25.9 Å². The Kier molecular flexibility index (Phi) is 7.42. The highest BCUT2D eigenvalue weighted by Gasteiger charge is 2.16. The van der Waals surface area contributed by atoms with Crippen molar-refractivity contribution in [1.29, 1.82) is 0 Å². The number of halogens is 2. The van der Waals surface area contributed by atoms with Gasteiger partial charge in [0.15, 0.2) is 6.61 Å². The Labute approximate surface area is 199 Å². The zero-order chi connectivity index (χ0) is 24.2. The Balaban J connectivity index is 1.62. The summed E-state index contributed by atoms with van der Waals surface area (Å²) in [7, 11) is -3.91. The third-order valence-electron chi connectivity index (χ3n) is 4.32. The number of aryl methyl sites for hydroxylation is 1. The average molecular weight is 510 g/mol. The van der Waals surface area contributed by atoms with E-state index < -0.39 is 20.9 Å². The summed E-state index contributed by atoms with van der Waals surface area (Å²) in [5.74, 6) is -0.277. The number of rotatable bonds is 8. The molecule has 0 aliphatic heterocycles. The first-order valence-corrected chi connectivity index (χ1v) is 11.5. The molecule has 0 aromatic heterocycles. The van der Waals surface area contributed by atoms with Crippen LogP contribution >= 0.6 is 23.2 Å². The molecule has 3 aromatic rings. The summed E-state index contributed by atoms with van der Waals surface area (Å²) < 4.78 is 32.9. The highest BCUT2D eigenvalue weighted by molar-refractivity contribution is 7.92. The fourth-order valence-corrected chi connectivity index (χ4v) is 4.30. The summed E-state index contributed by atoms with van der Waals surface area (Å²) in [5.41, 5.74) is 1.01. The van der Waals surface area contributed by atoms with E-state index in [1.807, 2.05) is 0 Å². The number of amides is 1. The summed E-state index contributed by atoms with van der Waals surface area (Å²) >= 11 is 11.8. The van der Waals surface area contributed by atoms with Crippen molar-refractivity contribution in [3.05, 3.63) is 86.4 Å². The van der Waals surface area contributed by atoms with Gasteiger partial charge < -0.3 is 10.1 Å². The molecule has 0 unspecified atom stereocenters. The van der Waals surface area contributed by atoms with Crippen LogP contribution in [0.1, 0.15) is 5.56 Å². The van der Waals surface area contributed by atoms with Gasteiger partial charge in [-0.15, -0.1) is 0 Å². The van der Waals surface area contributed by atoms with Crippen molar-refractivity contribution in [2.75, 3.05) is 16.6 Å². The standard InChI is InChI=1S/C21H17Cl2N3O6S/c1-13-2-3-17(26(28)29)11-20(13)24-21(27)12-32-18-4-6-19(7-5-18)33(30,31)25-16-9-14(22)8-15(23)10-16/h2-11,25H,12H2,1H3,(H,24,27). The minimum absolute atomic E-state index is 0.0392. The molecule has 2 N–H and O–H groups in total. The van der Waals surface area contributed by atoms with Crippen LogP contribution in [0.25, 0.3) is 0 Å². The first kappa shape index (κ1) is 24.3. The number of carbonyl (C=O) groups excluding carboxylic acids is 1. The van der Waals surface area contributed by atoms with E-state index in [4.69, 9.17) is 27.9 Å². The molecule has 0 atom stereocenters. The molecule has 0 fully saturated rings. The summed E-state index contributed by atoms with van der Waals surface area (Å²) in [5, 5.41) is 14.0. The summed E-state index contributed by atoms with van der Waals surface area (Å²) in [6, 6.07) is 13.9. The van der Waals surface area contributed by atoms with Crippen molar-refractivity contribution in [2.24, 2.45) is 0 Å². The molecule has 0 aliphatic rings. The number of hydrogen-bond acceptors (Lipinski definition) is 6. The van der Waals surface area contributed by atoms with Gasteiger partial charge in [0, 0.05) is 22.2 Å². The van der Waals surface area contributed by atoms with Gasteiger partial charge >= 0.3 is 0 Å². The van der Waals surface area contributed by atoms with Gasteiger partial charge in [-0.25, -0.2) is 8.42 Å². The number of nitrogens with one attached hydrogen (secondary N) is 2. The number of sulfonamides is 1. The Morgan fingerprint density at radius 1 is 1.03 bits per heavy atom. The molecule has 0 saturated heterocycles. The van der Waals surface area contributed by atoms with Crippen molar-refractivity contribution in [3.8, 4) is 5.75 Å². The summed E-state index contributed by atoms with van der Waals surface area (Å²) in [4.78, 5) is 22.5. The Morgan fingerprint density at radius 2 is 1.67 bits per heavy atom. The number of carbonyl (C=O) groups is 1. The van der Waals surface area contributed by atoms with Crippen LogP contribution in [0.2, 0.25) is 10.0 Å². The van der Waals surface area contributed by atoms with E-state index in [1.54, 1.807) is 6.92 Å². The van der Waals surface area contributed by atoms with E-state index in [9.17, 15) is 23.3 Å². The van der Waals surface area contributed by atoms with Crippen molar-refractivity contribution in [3.63, 3.8) is 0 Å². The topological polar surface area (TPSA) is 128 Å². The van der Waals surface area contributed by atoms with Crippen LogP contribution in [0, 0.1) is 17.0 Å². The average Bonchev–Trinajstić information content (AvgIpc) is 2.73. The second-order valence-corrected chi connectivity index (χ2v) is 9.38. The molecule has 12 heteroatoms. The number of anilines is 2. The molecule has 0 spiro atoms. The van der Waals surface area contributed by atoms with E-state index >= 15 is 0 Å². The van der Waals surface area contributed by atoms with Crippen molar-refractivity contribution in [2.45, 2.75) is 11.8 Å². The molecule has 0 saturated carbocycles. The van der Waals surface area contributed by atoms with Crippen molar-refractivity contribution in [1.82, 2.24) is 0 Å². The molecule has 9 nitrogen and oxygen atoms in total. The van der Waals surface area contributed by atoms with Crippen LogP contribution in [0.5, 0.6) is 5.75 Å². The van der Waals surface area contributed by atoms with Gasteiger partial charge in [0.2, 0.25) is 0 Å². The van der Waals surface area contributed by atoms with Gasteiger partial charge in [-0.3, -0.25) is 19.6 Å². The fourth-order valence-electron chi connectivity index (χ4n) is 2.74. The van der Waals surface area contributed by atoms with Gasteiger partial charge in [-0.05, 0) is 55.0 Å². The third kappa shape index (κ3) is 6.58. The molecule has 172 valence electrons. The van der Waals surface area contributed by atoms with E-state index in [2.05, 4.69) is 10.0 Å². The SMILES string of the molecule is Cc1ccc([N+](=O)[O-])cc1NC(=O)COc1ccc(S(=O)(=O)Nc2cc(Cl)cc(Cl)c2)cc1. The van der Waals surface area contributed by atoms with Gasteiger partial charge in [-0.2, -0.15) is 0 Å². The number of hydrogen-bond donors (Lipinski definition) is 2. The lowest BCUT2D eigenvalue weighted by atomic mass is 10.2. The first-order valence-electron chi connectivity index (χ1n) is 9.30. The molecule has 3 aromatic carbocycles. The quantitative estimate of drug-likeness (QED) is 0.323. The maximum absolute atomic E-state index is 12.6. The molecule has 0 aliphatic carbocycles. The van der Waals surface area contributed by atoms with E-state index in [0.717, 1.165) is 0 Å². The second-order valence-electron chi connectivity index (χ2n) is 6.83. The number of benzene rings is 3. The minimum atomic E-state index is -3.91. The van der Waals surface area contributed by atoms with Crippen molar-refractivity contribution < 1.29 is 22.9 Å². The number of non-ortho nitro benzene ring substituents is 1. The Bertz CT molecular complexity index is 1290. The van der Waals surface area contributed by atoms with Gasteiger partial charge in [0.1, 0.15) is 5.75 Å². The van der Waals surface area contributed by atoms with Gasteiger partial charge in [0.05, 0.1) is 21.2 Å². The predicted molar refractivity (Wildman–Crippen MR) is 126 cm³/mol. The van der Waals surface area contributed by atoms with Crippen LogP contribution in [0.15, 0.2) is 65.6 Å². The van der Waals surface area contributed by atoms with Gasteiger partial charge in [0.25, 0.3) is 21.6 Å². The first-order chi connectivity index (χ1) is 15.5. The zero-order valence-corrected chi connectivity index (χ0v) is 19.4. The number of ether oxygens (including phenoxy) is 1. The fraction of sp³-hybridized carbons (Fsp3) is 0.0952. The molecule has 33 heavy (non-hydrogen) atoms. The molecule has 0 heterocycles. The number of nitro benzene ring substituents is 1. The lowest BCUT2D eigenvalue weighted by Crippen LogP contribution is -2.20. The lowest BCUT2D eigenvalue weighted by molar-refractivity contribution is -0.384. The molecular formula is C21H17Cl2N3O6S. The highest BCUT2D eigenvalue weighted by atomic mass is 35.5. The smallest absolute Gasteiger partial charge is 0.271 e. The minimum Gasteiger partial charge on any atom is -0.484 e. The largest absolute Gasteiger partial charge is 0.484 e. The van der Waals surface area contributed by atoms with E-state index in [1.165, 1.54) is 60.7 Å². The maximum Gasteiger partial charge on any atom is 0.271 e. The molecule has 3 rings (SSSR count). The zero-order valence-electron chi connectivity index (χ0n) is 17.0. The third-order valence-corrected chi connectivity index (χ3v) is 6.16. The van der Waals surface area contributed by atoms with Crippen molar-refractivity contribution >= 4 is 56.2 Å². The van der Waals surface area contributed by atoms with Gasteiger partial charge in [-0.1, -0.05) is 29.3 Å². The molecule has 1 amide bonds. The summed E-state index contributed by atoms with van der Waals surface area (Å²) in [6.07, 6.45) is 0. The normalized spacial score (nSPS) is 11.0. The number of nitro groups is 1. The predicted octanol–water partition coefficient (Wildman–Crippen LogP) is 5.03. The number of nitrogens with zero attached hydrogens (tertiary/aromatic N) is 1. The van der Waals surface area contributed by atoms with Crippen LogP contribution in [0.3, 0.4) is 0 Å². The Hall–Kier alpha value is -3.34. The van der Waals surface area contributed by atoms with Crippen LogP contribution in [0.4, 0.5) is 17.1 Å². The van der Waals surface area contributed by atoms with E-state index in [-0.39, 0.29) is 38.7 Å². The van der Waals surface area contributed by atoms with Crippen LogP contribution in [-0.2, 0) is 14.8 Å². The Morgan fingerprint density at radius 3 is 2.27 bits per heavy atom. The molecular weight excluding hydrogens is 493 g/mol. The monoisotopic (exact) mass is 509 g/mol. The maximum atomic E-state index is 12.6. The molecule has 0 bridgehead atoms. The molecule has 0 radical (unpaired) electrons.